The Hall–Kier alpha value is -3.14. The van der Waals surface area contributed by atoms with Crippen molar-refractivity contribution in [2.75, 3.05) is 21.3 Å². The lowest BCUT2D eigenvalue weighted by atomic mass is 9.83. The first-order chi connectivity index (χ1) is 11.5. The van der Waals surface area contributed by atoms with E-state index in [1.54, 1.807) is 25.1 Å². The van der Waals surface area contributed by atoms with Crippen molar-refractivity contribution in [1.29, 1.82) is 5.26 Å². The van der Waals surface area contributed by atoms with Gasteiger partial charge in [0.2, 0.25) is 5.88 Å². The molecule has 1 aromatic rings. The van der Waals surface area contributed by atoms with E-state index in [0.717, 1.165) is 0 Å². The molecule has 0 saturated heterocycles. The van der Waals surface area contributed by atoms with E-state index in [1.165, 1.54) is 21.3 Å². The number of nitrogens with zero attached hydrogens (tertiary/aromatic N) is 1. The Morgan fingerprint density at radius 3 is 2.46 bits per heavy atom. The predicted molar refractivity (Wildman–Crippen MR) is 84.9 cm³/mol. The first-order valence-electron chi connectivity index (χ1n) is 7.07. The van der Waals surface area contributed by atoms with Crippen LogP contribution in [-0.2, 0) is 14.3 Å². The highest BCUT2D eigenvalue weighted by Crippen LogP contribution is 2.41. The van der Waals surface area contributed by atoms with E-state index < -0.39 is 11.9 Å². The lowest BCUT2D eigenvalue weighted by molar-refractivity contribution is -0.136. The van der Waals surface area contributed by atoms with Gasteiger partial charge in [-0.1, -0.05) is 6.07 Å². The molecule has 1 aliphatic rings. The number of methoxy groups -OCH3 is 3. The Morgan fingerprint density at radius 2 is 1.92 bits per heavy atom. The number of hydrogen-bond donors (Lipinski definition) is 1. The highest BCUT2D eigenvalue weighted by molar-refractivity contribution is 5.92. The standard InChI is InChI=1S/C17H18N2O5/c1-9-14(17(20)23-4)15(11(8-18)16(19)24-9)10-5-6-12(21-2)13(7-10)22-3/h5-7,15H,19H2,1-4H3/t15-/m1/s1. The third kappa shape index (κ3) is 2.86. The molecule has 7 heteroatoms. The summed E-state index contributed by atoms with van der Waals surface area (Å²) in [6.07, 6.45) is 0. The van der Waals surface area contributed by atoms with E-state index in [9.17, 15) is 10.1 Å². The van der Waals surface area contributed by atoms with Crippen molar-refractivity contribution in [2.45, 2.75) is 12.8 Å². The summed E-state index contributed by atoms with van der Waals surface area (Å²) in [6.45, 7) is 1.60. The van der Waals surface area contributed by atoms with Crippen LogP contribution in [0, 0.1) is 11.3 Å². The maximum atomic E-state index is 12.2. The molecule has 1 heterocycles. The Labute approximate surface area is 139 Å². The lowest BCUT2D eigenvalue weighted by Crippen LogP contribution is -2.25. The van der Waals surface area contributed by atoms with Gasteiger partial charge in [-0.05, 0) is 24.6 Å². The smallest absolute Gasteiger partial charge is 0.338 e. The van der Waals surface area contributed by atoms with Crippen molar-refractivity contribution in [3.05, 3.63) is 46.6 Å². The average Bonchev–Trinajstić information content (AvgIpc) is 2.59. The van der Waals surface area contributed by atoms with Gasteiger partial charge < -0.3 is 24.7 Å². The zero-order chi connectivity index (χ0) is 17.9. The van der Waals surface area contributed by atoms with Crippen LogP contribution in [0.25, 0.3) is 0 Å². The van der Waals surface area contributed by atoms with E-state index in [2.05, 4.69) is 0 Å². The molecule has 1 aromatic carbocycles. The summed E-state index contributed by atoms with van der Waals surface area (Å²) in [6, 6.07) is 7.13. The number of allylic oxidation sites excluding steroid dienone is 2. The molecule has 0 aliphatic carbocycles. The molecule has 0 fully saturated rings. The van der Waals surface area contributed by atoms with Crippen molar-refractivity contribution in [1.82, 2.24) is 0 Å². The Kier molecular flexibility index (Phi) is 4.99. The van der Waals surface area contributed by atoms with Crippen molar-refractivity contribution < 1.29 is 23.7 Å². The number of nitrogens with two attached hydrogens (primary N) is 1. The molecule has 0 saturated carbocycles. The Morgan fingerprint density at radius 1 is 1.25 bits per heavy atom. The Balaban J connectivity index is 2.67. The van der Waals surface area contributed by atoms with Gasteiger partial charge in [-0.15, -0.1) is 0 Å². The van der Waals surface area contributed by atoms with Crippen molar-refractivity contribution >= 4 is 5.97 Å². The van der Waals surface area contributed by atoms with Crippen molar-refractivity contribution in [2.24, 2.45) is 5.73 Å². The maximum absolute atomic E-state index is 12.2. The molecule has 7 nitrogen and oxygen atoms in total. The van der Waals surface area contributed by atoms with Crippen LogP contribution in [0.1, 0.15) is 18.4 Å². The van der Waals surface area contributed by atoms with Crippen LogP contribution in [0.5, 0.6) is 11.5 Å². The number of carbonyl (C=O) groups excluding carboxylic acids is 1. The molecule has 2 N–H and O–H groups in total. The van der Waals surface area contributed by atoms with Crippen molar-refractivity contribution in [3.63, 3.8) is 0 Å². The van der Waals surface area contributed by atoms with Crippen LogP contribution >= 0.6 is 0 Å². The van der Waals surface area contributed by atoms with E-state index >= 15 is 0 Å². The third-order valence-electron chi connectivity index (χ3n) is 3.75. The molecule has 0 aromatic heterocycles. The van der Waals surface area contributed by atoms with Gasteiger partial charge in [-0.25, -0.2) is 4.79 Å². The number of carbonyl (C=O) groups is 1. The fraction of sp³-hybridized carbons (Fsp3) is 0.294. The van der Waals surface area contributed by atoms with Crippen LogP contribution in [0.2, 0.25) is 0 Å². The predicted octanol–water partition coefficient (Wildman–Crippen LogP) is 1.96. The van der Waals surface area contributed by atoms with E-state index in [-0.39, 0.29) is 22.8 Å². The second-order valence-electron chi connectivity index (χ2n) is 5.00. The van der Waals surface area contributed by atoms with Gasteiger partial charge in [0.25, 0.3) is 0 Å². The number of rotatable bonds is 4. The number of esters is 1. The number of nitriles is 1. The molecule has 1 aliphatic heterocycles. The van der Waals surface area contributed by atoms with E-state index in [0.29, 0.717) is 17.1 Å². The molecule has 24 heavy (non-hydrogen) atoms. The van der Waals surface area contributed by atoms with Gasteiger partial charge in [0.05, 0.1) is 32.8 Å². The summed E-state index contributed by atoms with van der Waals surface area (Å²) < 4.78 is 20.7. The van der Waals surface area contributed by atoms with Gasteiger partial charge in [0, 0.05) is 0 Å². The quantitative estimate of drug-likeness (QED) is 0.841. The molecular formula is C17H18N2O5. The fourth-order valence-electron chi connectivity index (χ4n) is 2.62. The van der Waals surface area contributed by atoms with Crippen LogP contribution in [0.15, 0.2) is 41.0 Å². The molecule has 0 unspecified atom stereocenters. The minimum absolute atomic E-state index is 0.0394. The summed E-state index contributed by atoms with van der Waals surface area (Å²) in [5, 5.41) is 9.48. The number of ether oxygens (including phenoxy) is 4. The van der Waals surface area contributed by atoms with Gasteiger partial charge in [0.1, 0.15) is 17.4 Å². The molecule has 1 atom stereocenters. The second-order valence-corrected chi connectivity index (χ2v) is 5.00. The van der Waals surface area contributed by atoms with Gasteiger partial charge in [0.15, 0.2) is 11.5 Å². The molecule has 0 spiro atoms. The normalized spacial score (nSPS) is 17.0. The van der Waals surface area contributed by atoms with Gasteiger partial charge in [-0.3, -0.25) is 0 Å². The summed E-state index contributed by atoms with van der Waals surface area (Å²) >= 11 is 0. The number of hydrogen-bond acceptors (Lipinski definition) is 7. The number of benzene rings is 1. The summed E-state index contributed by atoms with van der Waals surface area (Å²) in [4.78, 5) is 12.2. The molecule has 0 amide bonds. The summed E-state index contributed by atoms with van der Waals surface area (Å²) in [5.41, 5.74) is 6.82. The zero-order valence-corrected chi connectivity index (χ0v) is 13.9. The minimum Gasteiger partial charge on any atom is -0.493 e. The Bertz CT molecular complexity index is 774. The van der Waals surface area contributed by atoms with Crippen LogP contribution < -0.4 is 15.2 Å². The largest absolute Gasteiger partial charge is 0.493 e. The molecule has 0 radical (unpaired) electrons. The van der Waals surface area contributed by atoms with Crippen LogP contribution in [0.4, 0.5) is 0 Å². The maximum Gasteiger partial charge on any atom is 0.338 e. The highest BCUT2D eigenvalue weighted by Gasteiger charge is 2.36. The highest BCUT2D eigenvalue weighted by atomic mass is 16.5. The van der Waals surface area contributed by atoms with E-state index in [4.69, 9.17) is 24.7 Å². The summed E-state index contributed by atoms with van der Waals surface area (Å²) in [7, 11) is 4.29. The van der Waals surface area contributed by atoms with Crippen LogP contribution in [0.3, 0.4) is 0 Å². The van der Waals surface area contributed by atoms with E-state index in [1.807, 2.05) is 6.07 Å². The van der Waals surface area contributed by atoms with Crippen LogP contribution in [-0.4, -0.2) is 27.3 Å². The van der Waals surface area contributed by atoms with Gasteiger partial charge >= 0.3 is 5.97 Å². The third-order valence-corrected chi connectivity index (χ3v) is 3.75. The monoisotopic (exact) mass is 330 g/mol. The zero-order valence-electron chi connectivity index (χ0n) is 13.9. The van der Waals surface area contributed by atoms with Gasteiger partial charge in [-0.2, -0.15) is 5.26 Å². The molecule has 2 rings (SSSR count). The molecule has 126 valence electrons. The minimum atomic E-state index is -0.712. The topological polar surface area (TPSA) is 104 Å². The first-order valence-corrected chi connectivity index (χ1v) is 7.07. The second kappa shape index (κ2) is 6.96. The van der Waals surface area contributed by atoms with Crippen molar-refractivity contribution in [3.8, 4) is 17.6 Å². The molecular weight excluding hydrogens is 312 g/mol. The SMILES string of the molecule is COC(=O)C1=C(C)OC(N)=C(C#N)[C@H]1c1ccc(OC)c(OC)c1. The first kappa shape index (κ1) is 17.2. The molecule has 0 bridgehead atoms. The fourth-order valence-corrected chi connectivity index (χ4v) is 2.62. The lowest BCUT2D eigenvalue weighted by Gasteiger charge is -2.27. The average molecular weight is 330 g/mol. The summed E-state index contributed by atoms with van der Waals surface area (Å²) in [5.74, 6) is -0.0487.